The number of anilines is 1. The molecular weight excluding hydrogens is 534 g/mol. The minimum absolute atomic E-state index is 0.0555. The van der Waals surface area contributed by atoms with Crippen molar-refractivity contribution in [2.45, 2.75) is 19.0 Å². The number of rotatable bonds is 9. The zero-order valence-electron chi connectivity index (χ0n) is 21.8. The molecule has 0 aromatic heterocycles. The number of ether oxygens (including phenoxy) is 2. The number of halogens is 2. The van der Waals surface area contributed by atoms with E-state index in [0.29, 0.717) is 39.6 Å². The number of nitrogens with two attached hydrogens (primary N) is 1. The van der Waals surface area contributed by atoms with Crippen molar-refractivity contribution in [3.63, 3.8) is 0 Å². The second-order valence-electron chi connectivity index (χ2n) is 9.54. The summed E-state index contributed by atoms with van der Waals surface area (Å²) < 4.78 is 38.2. The molecule has 9 nitrogen and oxygen atoms in total. The van der Waals surface area contributed by atoms with Gasteiger partial charge in [0.05, 0.1) is 11.4 Å². The average molecular weight is 561 g/mol. The number of nitrogens with one attached hydrogen (secondary N) is 1. The molecule has 2 heterocycles. The van der Waals surface area contributed by atoms with E-state index in [1.165, 1.54) is 17.0 Å². The van der Waals surface area contributed by atoms with Gasteiger partial charge in [0, 0.05) is 17.0 Å². The summed E-state index contributed by atoms with van der Waals surface area (Å²) in [6.07, 6.45) is 0.331. The van der Waals surface area contributed by atoms with Crippen LogP contribution in [-0.4, -0.2) is 42.9 Å². The van der Waals surface area contributed by atoms with E-state index in [0.717, 1.165) is 12.1 Å². The Morgan fingerprint density at radius 2 is 1.88 bits per heavy atom. The smallest absolute Gasteiger partial charge is 0.272 e. The molecular formula is C30H26F2N4O5. The van der Waals surface area contributed by atoms with Crippen molar-refractivity contribution < 1.29 is 32.6 Å². The maximum absolute atomic E-state index is 13.8. The molecule has 210 valence electrons. The summed E-state index contributed by atoms with van der Waals surface area (Å²) in [4.78, 5) is 45.2. The quantitative estimate of drug-likeness (QED) is 0.389. The maximum Gasteiger partial charge on any atom is 0.272 e. The Balaban J connectivity index is 1.54. The third-order valence-electron chi connectivity index (χ3n) is 6.74. The summed E-state index contributed by atoms with van der Waals surface area (Å²) in [7, 11) is 0. The Morgan fingerprint density at radius 3 is 2.63 bits per heavy atom. The molecule has 0 aliphatic carbocycles. The lowest BCUT2D eigenvalue weighted by Crippen LogP contribution is -2.51. The van der Waals surface area contributed by atoms with Crippen molar-refractivity contribution in [1.82, 2.24) is 5.32 Å². The number of aliphatic imine (C=N–C) groups is 1. The lowest BCUT2D eigenvalue weighted by molar-refractivity contribution is -0.130. The molecule has 2 aliphatic rings. The van der Waals surface area contributed by atoms with Gasteiger partial charge in [-0.25, -0.2) is 13.8 Å². The molecule has 0 bridgehead atoms. The Morgan fingerprint density at radius 1 is 1.10 bits per heavy atom. The number of nitrogens with zero attached hydrogens (tertiary/aromatic N) is 2. The average Bonchev–Trinajstić information content (AvgIpc) is 3.39. The highest BCUT2D eigenvalue weighted by atomic mass is 19.2. The lowest BCUT2D eigenvalue weighted by atomic mass is 9.95. The predicted octanol–water partition coefficient (Wildman–Crippen LogP) is 3.24. The molecule has 3 amide bonds. The van der Waals surface area contributed by atoms with E-state index >= 15 is 0 Å². The topological polar surface area (TPSA) is 123 Å². The van der Waals surface area contributed by atoms with Crippen LogP contribution in [0.3, 0.4) is 0 Å². The molecule has 0 fully saturated rings. The van der Waals surface area contributed by atoms with E-state index in [1.54, 1.807) is 42.5 Å². The summed E-state index contributed by atoms with van der Waals surface area (Å²) in [6, 6.07) is 15.5. The molecule has 0 saturated carbocycles. The second kappa shape index (κ2) is 11.6. The van der Waals surface area contributed by atoms with E-state index in [1.807, 2.05) is 0 Å². The highest BCUT2D eigenvalue weighted by molar-refractivity contribution is 6.21. The fraction of sp³-hybridized carbons (Fsp3) is 0.200. The predicted molar refractivity (Wildman–Crippen MR) is 146 cm³/mol. The normalized spacial score (nSPS) is 16.3. The van der Waals surface area contributed by atoms with Crippen molar-refractivity contribution in [3.8, 4) is 11.5 Å². The Bertz CT molecular complexity index is 1570. The monoisotopic (exact) mass is 560 g/mol. The van der Waals surface area contributed by atoms with Crippen LogP contribution in [0, 0.1) is 17.6 Å². The van der Waals surface area contributed by atoms with E-state index in [-0.39, 0.29) is 19.6 Å². The van der Waals surface area contributed by atoms with Crippen molar-refractivity contribution >= 4 is 29.1 Å². The van der Waals surface area contributed by atoms with Crippen LogP contribution in [0.4, 0.5) is 14.5 Å². The number of benzene rings is 3. The van der Waals surface area contributed by atoms with Gasteiger partial charge >= 0.3 is 0 Å². The first-order chi connectivity index (χ1) is 19.7. The van der Waals surface area contributed by atoms with Gasteiger partial charge in [0.25, 0.3) is 5.91 Å². The highest BCUT2D eigenvalue weighted by Gasteiger charge is 2.35. The molecule has 41 heavy (non-hydrogen) atoms. The first-order valence-electron chi connectivity index (χ1n) is 12.8. The van der Waals surface area contributed by atoms with Crippen molar-refractivity contribution in [2.24, 2.45) is 16.6 Å². The number of para-hydroxylation sites is 1. The van der Waals surface area contributed by atoms with Crippen LogP contribution in [0.5, 0.6) is 11.5 Å². The Hall–Kier alpha value is -5.06. The Kier molecular flexibility index (Phi) is 7.77. The third kappa shape index (κ3) is 5.79. The number of fused-ring (bicyclic) bond motifs is 2. The van der Waals surface area contributed by atoms with Gasteiger partial charge in [0.1, 0.15) is 6.54 Å². The molecule has 0 spiro atoms. The van der Waals surface area contributed by atoms with Gasteiger partial charge in [-0.1, -0.05) is 30.3 Å². The summed E-state index contributed by atoms with van der Waals surface area (Å²) in [6.45, 7) is 3.31. The summed E-state index contributed by atoms with van der Waals surface area (Å²) in [5.41, 5.74) is 7.74. The van der Waals surface area contributed by atoms with Crippen LogP contribution in [0.2, 0.25) is 0 Å². The lowest BCUT2D eigenvalue weighted by Gasteiger charge is -2.25. The number of amides is 3. The number of carbonyl (C=O) groups is 3. The van der Waals surface area contributed by atoms with E-state index < -0.39 is 48.0 Å². The second-order valence-corrected chi connectivity index (χ2v) is 9.54. The summed E-state index contributed by atoms with van der Waals surface area (Å²) in [5.74, 6) is -3.75. The first-order valence-corrected chi connectivity index (χ1v) is 12.8. The zero-order valence-corrected chi connectivity index (χ0v) is 21.8. The van der Waals surface area contributed by atoms with Crippen LogP contribution >= 0.6 is 0 Å². The van der Waals surface area contributed by atoms with Crippen LogP contribution in [0.1, 0.15) is 23.1 Å². The number of primary amides is 1. The maximum atomic E-state index is 13.8. The third-order valence-corrected chi connectivity index (χ3v) is 6.74. The van der Waals surface area contributed by atoms with Crippen molar-refractivity contribution in [2.75, 3.05) is 18.2 Å². The highest BCUT2D eigenvalue weighted by Crippen LogP contribution is 2.35. The van der Waals surface area contributed by atoms with Crippen molar-refractivity contribution in [3.05, 3.63) is 102 Å². The largest absolute Gasteiger partial charge is 0.454 e. The van der Waals surface area contributed by atoms with Gasteiger partial charge < -0.3 is 20.5 Å². The molecule has 2 atom stereocenters. The van der Waals surface area contributed by atoms with Crippen LogP contribution in [-0.2, 0) is 20.8 Å². The number of hydrogen-bond acceptors (Lipinski definition) is 6. The van der Waals surface area contributed by atoms with Crippen LogP contribution in [0.25, 0.3) is 0 Å². The minimum Gasteiger partial charge on any atom is -0.454 e. The number of carbonyl (C=O) groups excluding carboxylic acids is 3. The molecule has 11 heteroatoms. The molecule has 0 radical (unpaired) electrons. The molecule has 3 aromatic rings. The number of benzodiazepines with no additional fused rings is 1. The van der Waals surface area contributed by atoms with Crippen molar-refractivity contribution in [1.29, 1.82) is 0 Å². The zero-order chi connectivity index (χ0) is 29.1. The number of hydrogen-bond donors (Lipinski definition) is 2. The summed E-state index contributed by atoms with van der Waals surface area (Å²) in [5, 5.41) is 2.69. The SMILES string of the molecule is C=CC[C@@H](Cc1ccc(F)c(F)c1)C(=O)NC1N=C(c2ccc3c(c2)OCO3)c2ccccc2N(CC(N)=O)C1=O. The van der Waals surface area contributed by atoms with Gasteiger partial charge in [-0.05, 0) is 54.8 Å². The van der Waals surface area contributed by atoms with Crippen LogP contribution in [0.15, 0.2) is 78.3 Å². The molecule has 5 rings (SSSR count). The van der Waals surface area contributed by atoms with Gasteiger partial charge in [0.15, 0.2) is 23.1 Å². The fourth-order valence-electron chi connectivity index (χ4n) is 4.80. The Labute approximate surface area is 234 Å². The molecule has 2 aliphatic heterocycles. The first kappa shape index (κ1) is 27.5. The van der Waals surface area contributed by atoms with Gasteiger partial charge in [-0.15, -0.1) is 6.58 Å². The molecule has 0 saturated heterocycles. The van der Waals surface area contributed by atoms with E-state index in [4.69, 9.17) is 15.2 Å². The number of allylic oxidation sites excluding steroid dienone is 1. The van der Waals surface area contributed by atoms with Gasteiger partial charge in [0.2, 0.25) is 24.8 Å². The van der Waals surface area contributed by atoms with Gasteiger partial charge in [-0.2, -0.15) is 0 Å². The van der Waals surface area contributed by atoms with E-state index in [9.17, 15) is 23.2 Å². The summed E-state index contributed by atoms with van der Waals surface area (Å²) >= 11 is 0. The fourth-order valence-corrected chi connectivity index (χ4v) is 4.80. The van der Waals surface area contributed by atoms with E-state index in [2.05, 4.69) is 16.9 Å². The molecule has 3 N–H and O–H groups in total. The standard InChI is InChI=1S/C30H26F2N4O5/c1-2-5-19(12-17-8-10-21(31)22(32)13-17)29(38)35-28-30(39)36(15-26(33)37)23-7-4-3-6-20(23)27(34-28)18-9-11-24-25(14-18)41-16-40-24/h2-4,6-11,13-14,19,28H,1,5,12,15-16H2,(H2,33,37)(H,35,38)/t19-,28?/m0/s1. The molecule has 3 aromatic carbocycles. The minimum atomic E-state index is -1.44. The van der Waals surface area contributed by atoms with Gasteiger partial charge in [-0.3, -0.25) is 19.3 Å². The van der Waals surface area contributed by atoms with Crippen LogP contribution < -0.4 is 25.4 Å². The molecule has 1 unspecified atom stereocenters.